The Kier molecular flexibility index (Phi) is 4.29. The van der Waals surface area contributed by atoms with Gasteiger partial charge in [-0.05, 0) is 12.0 Å². The number of hydrogen-bond donors (Lipinski definition) is 1. The van der Waals surface area contributed by atoms with E-state index in [0.29, 0.717) is 5.92 Å². The van der Waals surface area contributed by atoms with Gasteiger partial charge in [-0.15, -0.1) is 0 Å². The van der Waals surface area contributed by atoms with Crippen molar-refractivity contribution in [3.05, 3.63) is 18.0 Å². The lowest BCUT2D eigenvalue weighted by molar-refractivity contribution is 0.0439. The molecule has 4 nitrogen and oxygen atoms in total. The highest BCUT2D eigenvalue weighted by molar-refractivity contribution is 5.02. The molecule has 0 aliphatic heterocycles. The van der Waals surface area contributed by atoms with Crippen LogP contribution >= 0.6 is 0 Å². The first-order valence-corrected chi connectivity index (χ1v) is 5.31. The molecule has 4 heteroatoms. The lowest BCUT2D eigenvalue weighted by Gasteiger charge is -2.25. The zero-order chi connectivity index (χ0) is 11.4. The summed E-state index contributed by atoms with van der Waals surface area (Å²) in [5.74, 6) is 0.425. The molecule has 86 valence electrons. The molecular formula is C11H21N3O. The largest absolute Gasteiger partial charge is 0.380 e. The average molecular weight is 211 g/mol. The Morgan fingerprint density at radius 3 is 2.60 bits per heavy atom. The third kappa shape index (κ3) is 3.32. The molecule has 0 aliphatic carbocycles. The standard InChI is InChI=1S/C11H21N3O/c1-8(2)11(15-4)10(12)7-9-5-6-14(3)13-9/h5-6,8,10-11H,7,12H2,1-4H3. The van der Waals surface area contributed by atoms with E-state index in [2.05, 4.69) is 18.9 Å². The van der Waals surface area contributed by atoms with Crippen molar-refractivity contribution in [1.82, 2.24) is 9.78 Å². The summed E-state index contributed by atoms with van der Waals surface area (Å²) in [5, 5.41) is 4.31. The quantitative estimate of drug-likeness (QED) is 0.789. The van der Waals surface area contributed by atoms with Crippen LogP contribution in [0.5, 0.6) is 0 Å². The van der Waals surface area contributed by atoms with Gasteiger partial charge in [-0.25, -0.2) is 0 Å². The van der Waals surface area contributed by atoms with Crippen molar-refractivity contribution in [1.29, 1.82) is 0 Å². The van der Waals surface area contributed by atoms with Gasteiger partial charge in [0.1, 0.15) is 0 Å². The molecule has 0 saturated carbocycles. The molecular weight excluding hydrogens is 190 g/mol. The maximum Gasteiger partial charge on any atom is 0.0748 e. The highest BCUT2D eigenvalue weighted by atomic mass is 16.5. The molecule has 1 aromatic heterocycles. The molecule has 0 saturated heterocycles. The van der Waals surface area contributed by atoms with E-state index >= 15 is 0 Å². The average Bonchev–Trinajstić information content (AvgIpc) is 2.51. The monoisotopic (exact) mass is 211 g/mol. The fourth-order valence-electron chi connectivity index (χ4n) is 1.87. The Morgan fingerprint density at radius 1 is 1.53 bits per heavy atom. The Balaban J connectivity index is 2.57. The van der Waals surface area contributed by atoms with Gasteiger partial charge < -0.3 is 10.5 Å². The third-order valence-electron chi connectivity index (χ3n) is 2.56. The first kappa shape index (κ1) is 12.2. The molecule has 0 amide bonds. The van der Waals surface area contributed by atoms with Gasteiger partial charge in [0.15, 0.2) is 0 Å². The van der Waals surface area contributed by atoms with Gasteiger partial charge in [-0.1, -0.05) is 13.8 Å². The van der Waals surface area contributed by atoms with Crippen LogP contribution in [-0.2, 0) is 18.2 Å². The van der Waals surface area contributed by atoms with E-state index in [1.54, 1.807) is 11.8 Å². The van der Waals surface area contributed by atoms with Gasteiger partial charge in [0.25, 0.3) is 0 Å². The molecule has 15 heavy (non-hydrogen) atoms. The molecule has 0 spiro atoms. The highest BCUT2D eigenvalue weighted by Crippen LogP contribution is 2.12. The van der Waals surface area contributed by atoms with Crippen molar-refractivity contribution in [3.8, 4) is 0 Å². The van der Waals surface area contributed by atoms with Crippen molar-refractivity contribution in [3.63, 3.8) is 0 Å². The van der Waals surface area contributed by atoms with Gasteiger partial charge in [0.05, 0.1) is 11.8 Å². The number of aromatic nitrogens is 2. The molecule has 1 heterocycles. The van der Waals surface area contributed by atoms with E-state index in [1.807, 2.05) is 19.3 Å². The summed E-state index contributed by atoms with van der Waals surface area (Å²) in [6, 6.07) is 2.00. The summed E-state index contributed by atoms with van der Waals surface area (Å²) in [4.78, 5) is 0. The zero-order valence-corrected chi connectivity index (χ0v) is 9.97. The summed E-state index contributed by atoms with van der Waals surface area (Å²) in [7, 11) is 3.62. The molecule has 1 rings (SSSR count). The number of nitrogens with two attached hydrogens (primary N) is 1. The van der Waals surface area contributed by atoms with E-state index in [4.69, 9.17) is 10.5 Å². The number of methoxy groups -OCH3 is 1. The number of rotatable bonds is 5. The maximum absolute atomic E-state index is 6.10. The number of hydrogen-bond acceptors (Lipinski definition) is 3. The topological polar surface area (TPSA) is 53.1 Å². The Bertz CT molecular complexity index is 296. The van der Waals surface area contributed by atoms with Crippen LogP contribution in [0, 0.1) is 5.92 Å². The van der Waals surface area contributed by atoms with Crippen molar-refractivity contribution >= 4 is 0 Å². The van der Waals surface area contributed by atoms with Crippen LogP contribution in [0.1, 0.15) is 19.5 Å². The summed E-state index contributed by atoms with van der Waals surface area (Å²) in [6.07, 6.45) is 2.78. The van der Waals surface area contributed by atoms with Crippen LogP contribution in [0.4, 0.5) is 0 Å². The van der Waals surface area contributed by atoms with E-state index in [1.165, 1.54) is 0 Å². The smallest absolute Gasteiger partial charge is 0.0748 e. The summed E-state index contributed by atoms with van der Waals surface area (Å²) < 4.78 is 7.18. The fourth-order valence-corrected chi connectivity index (χ4v) is 1.87. The minimum absolute atomic E-state index is 0.00454. The van der Waals surface area contributed by atoms with Crippen molar-refractivity contribution < 1.29 is 4.74 Å². The molecule has 0 aliphatic rings. The first-order chi connectivity index (χ1) is 7.04. The van der Waals surface area contributed by atoms with E-state index in [-0.39, 0.29) is 12.1 Å². The zero-order valence-electron chi connectivity index (χ0n) is 9.97. The Morgan fingerprint density at radius 2 is 2.20 bits per heavy atom. The van der Waals surface area contributed by atoms with Crippen LogP contribution in [0.3, 0.4) is 0 Å². The van der Waals surface area contributed by atoms with Crippen LogP contribution in [0.15, 0.2) is 12.3 Å². The minimum Gasteiger partial charge on any atom is -0.380 e. The van der Waals surface area contributed by atoms with Gasteiger partial charge in [-0.3, -0.25) is 4.68 Å². The second kappa shape index (κ2) is 5.28. The summed E-state index contributed by atoms with van der Waals surface area (Å²) in [5.41, 5.74) is 7.12. The number of nitrogens with zero attached hydrogens (tertiary/aromatic N) is 2. The van der Waals surface area contributed by atoms with Crippen LogP contribution < -0.4 is 5.73 Å². The molecule has 2 N–H and O–H groups in total. The first-order valence-electron chi connectivity index (χ1n) is 5.31. The van der Waals surface area contributed by atoms with E-state index < -0.39 is 0 Å². The van der Waals surface area contributed by atoms with Crippen LogP contribution in [-0.4, -0.2) is 29.0 Å². The SMILES string of the molecule is COC(C(C)C)C(N)Cc1ccn(C)n1. The van der Waals surface area contributed by atoms with Gasteiger partial charge >= 0.3 is 0 Å². The Labute approximate surface area is 91.4 Å². The predicted molar refractivity (Wildman–Crippen MR) is 60.5 cm³/mol. The molecule has 2 atom stereocenters. The summed E-state index contributed by atoms with van der Waals surface area (Å²) >= 11 is 0. The molecule has 0 bridgehead atoms. The normalized spacial score (nSPS) is 15.6. The van der Waals surface area contributed by atoms with Crippen molar-refractivity contribution in [2.75, 3.05) is 7.11 Å². The van der Waals surface area contributed by atoms with Gasteiger partial charge in [0.2, 0.25) is 0 Å². The van der Waals surface area contributed by atoms with Crippen molar-refractivity contribution in [2.45, 2.75) is 32.4 Å². The van der Waals surface area contributed by atoms with Crippen molar-refractivity contribution in [2.24, 2.45) is 18.7 Å². The lowest BCUT2D eigenvalue weighted by atomic mass is 9.97. The molecule has 2 unspecified atom stereocenters. The third-order valence-corrected chi connectivity index (χ3v) is 2.56. The molecule has 1 aromatic rings. The second-order valence-electron chi connectivity index (χ2n) is 4.29. The number of aryl methyl sites for hydroxylation is 1. The van der Waals surface area contributed by atoms with Gasteiger partial charge in [0, 0.05) is 32.8 Å². The fraction of sp³-hybridized carbons (Fsp3) is 0.727. The van der Waals surface area contributed by atoms with Crippen LogP contribution in [0.25, 0.3) is 0 Å². The maximum atomic E-state index is 6.10. The minimum atomic E-state index is 0.00454. The van der Waals surface area contributed by atoms with Gasteiger partial charge in [-0.2, -0.15) is 5.10 Å². The summed E-state index contributed by atoms with van der Waals surface area (Å²) in [6.45, 7) is 4.24. The van der Waals surface area contributed by atoms with Crippen LogP contribution in [0.2, 0.25) is 0 Å². The molecule has 0 fully saturated rings. The van der Waals surface area contributed by atoms with E-state index in [9.17, 15) is 0 Å². The highest BCUT2D eigenvalue weighted by Gasteiger charge is 2.21. The number of ether oxygens (including phenoxy) is 1. The predicted octanol–water partition coefficient (Wildman–Crippen LogP) is 0.961. The Hall–Kier alpha value is -0.870. The lowest BCUT2D eigenvalue weighted by Crippen LogP contribution is -2.41. The molecule has 0 aromatic carbocycles. The van der Waals surface area contributed by atoms with E-state index in [0.717, 1.165) is 12.1 Å². The molecule has 0 radical (unpaired) electrons. The second-order valence-corrected chi connectivity index (χ2v) is 4.29.